The topological polar surface area (TPSA) is 100 Å². The quantitative estimate of drug-likeness (QED) is 0.592. The van der Waals surface area contributed by atoms with E-state index in [2.05, 4.69) is 0 Å². The van der Waals surface area contributed by atoms with Gasteiger partial charge < -0.3 is 24.3 Å². The molecule has 1 aliphatic heterocycles. The lowest BCUT2D eigenvalue weighted by Gasteiger charge is -2.36. The van der Waals surface area contributed by atoms with Gasteiger partial charge in [0.15, 0.2) is 5.43 Å². The third kappa shape index (κ3) is 3.98. The third-order valence-electron chi connectivity index (χ3n) is 5.59. The molecule has 1 fully saturated rings. The highest BCUT2D eigenvalue weighted by Gasteiger charge is 2.36. The molecule has 0 radical (unpaired) electrons. The molecule has 0 unspecified atom stereocenters. The average molecular weight is 444 g/mol. The summed E-state index contributed by atoms with van der Waals surface area (Å²) in [6.45, 7) is 2.48. The molecule has 1 aromatic heterocycles. The second-order valence-electron chi connectivity index (χ2n) is 7.79. The first-order chi connectivity index (χ1) is 14.8. The third-order valence-corrected chi connectivity index (χ3v) is 5.92. The van der Waals surface area contributed by atoms with Crippen LogP contribution in [0.4, 0.5) is 0 Å². The number of likely N-dealkylation sites (tertiary alicyclic amines) is 1. The molecule has 0 amide bonds. The van der Waals surface area contributed by atoms with Crippen molar-refractivity contribution in [3.05, 3.63) is 57.2 Å². The first kappa shape index (κ1) is 21.2. The molecule has 2 heterocycles. The highest BCUT2D eigenvalue weighted by molar-refractivity contribution is 6.33. The highest BCUT2D eigenvalue weighted by Crippen LogP contribution is 2.43. The van der Waals surface area contributed by atoms with Crippen LogP contribution in [-0.2, 0) is 9.53 Å². The minimum Gasteiger partial charge on any atom is -0.507 e. The van der Waals surface area contributed by atoms with Crippen LogP contribution in [0, 0.1) is 0 Å². The lowest BCUT2D eigenvalue weighted by Crippen LogP contribution is -2.43. The van der Waals surface area contributed by atoms with Gasteiger partial charge in [-0.2, -0.15) is 0 Å². The zero-order chi connectivity index (χ0) is 22.3. The number of phenols is 2. The summed E-state index contributed by atoms with van der Waals surface area (Å²) in [4.78, 5) is 26.6. The van der Waals surface area contributed by atoms with Gasteiger partial charge in [0.1, 0.15) is 34.3 Å². The number of rotatable bonds is 3. The number of fused-ring (bicyclic) bond motifs is 1. The fourth-order valence-electron chi connectivity index (χ4n) is 4.21. The molecular formula is C23H22ClNO6. The number of hydrogen-bond acceptors (Lipinski definition) is 7. The Morgan fingerprint density at radius 3 is 2.68 bits per heavy atom. The van der Waals surface area contributed by atoms with Gasteiger partial charge in [0, 0.05) is 42.6 Å². The molecule has 2 aromatic carbocycles. The van der Waals surface area contributed by atoms with Crippen LogP contribution in [0.3, 0.4) is 0 Å². The first-order valence-corrected chi connectivity index (χ1v) is 10.3. The summed E-state index contributed by atoms with van der Waals surface area (Å²) in [6, 6.07) is 9.31. The van der Waals surface area contributed by atoms with E-state index in [4.69, 9.17) is 20.8 Å². The van der Waals surface area contributed by atoms with Crippen molar-refractivity contribution in [2.75, 3.05) is 20.1 Å². The Balaban J connectivity index is 1.97. The predicted molar refractivity (Wildman–Crippen MR) is 117 cm³/mol. The fraction of sp³-hybridized carbons (Fsp3) is 0.304. The van der Waals surface area contributed by atoms with Crippen molar-refractivity contribution in [2.45, 2.75) is 25.4 Å². The van der Waals surface area contributed by atoms with Gasteiger partial charge in [0.2, 0.25) is 0 Å². The van der Waals surface area contributed by atoms with Crippen molar-refractivity contribution >= 4 is 28.5 Å². The van der Waals surface area contributed by atoms with Crippen LogP contribution in [0.15, 0.2) is 45.6 Å². The highest BCUT2D eigenvalue weighted by atomic mass is 35.5. The molecule has 2 N–H and O–H groups in total. The number of nitrogens with zero attached hydrogens (tertiary/aromatic N) is 1. The monoisotopic (exact) mass is 443 g/mol. The van der Waals surface area contributed by atoms with E-state index < -0.39 is 23.4 Å². The van der Waals surface area contributed by atoms with Crippen LogP contribution in [-0.4, -0.2) is 47.3 Å². The minimum atomic E-state index is -0.552. The van der Waals surface area contributed by atoms with E-state index in [1.54, 1.807) is 24.3 Å². The van der Waals surface area contributed by atoms with Gasteiger partial charge in [-0.3, -0.25) is 9.59 Å². The molecule has 1 saturated heterocycles. The van der Waals surface area contributed by atoms with Crippen LogP contribution in [0.25, 0.3) is 22.3 Å². The number of phenolic OH excluding ortho intramolecular Hbond substituents is 2. The molecule has 0 saturated carbocycles. The average Bonchev–Trinajstić information content (AvgIpc) is 2.68. The first-order valence-electron chi connectivity index (χ1n) is 9.89. The molecule has 7 nitrogen and oxygen atoms in total. The molecule has 162 valence electrons. The second-order valence-corrected chi connectivity index (χ2v) is 8.20. The van der Waals surface area contributed by atoms with Crippen LogP contribution in [0.1, 0.15) is 24.8 Å². The van der Waals surface area contributed by atoms with E-state index in [1.165, 1.54) is 13.0 Å². The Bertz CT molecular complexity index is 1220. The van der Waals surface area contributed by atoms with Crippen molar-refractivity contribution in [3.63, 3.8) is 0 Å². The molecule has 0 aliphatic carbocycles. The maximum Gasteiger partial charge on any atom is 0.302 e. The molecule has 4 rings (SSSR count). The van der Waals surface area contributed by atoms with Crippen molar-refractivity contribution < 1.29 is 24.2 Å². The zero-order valence-electron chi connectivity index (χ0n) is 17.1. The molecule has 31 heavy (non-hydrogen) atoms. The molecule has 8 heteroatoms. The van der Waals surface area contributed by atoms with E-state index in [1.807, 2.05) is 11.9 Å². The summed E-state index contributed by atoms with van der Waals surface area (Å²) in [5.74, 6) is -1.26. The Hall–Kier alpha value is -3.03. The van der Waals surface area contributed by atoms with Crippen molar-refractivity contribution in [3.8, 4) is 22.8 Å². The van der Waals surface area contributed by atoms with Gasteiger partial charge in [0.25, 0.3) is 0 Å². The van der Waals surface area contributed by atoms with E-state index in [0.29, 0.717) is 35.7 Å². The fourth-order valence-corrected chi connectivity index (χ4v) is 4.44. The summed E-state index contributed by atoms with van der Waals surface area (Å²) in [5, 5.41) is 21.5. The largest absolute Gasteiger partial charge is 0.507 e. The Kier molecular flexibility index (Phi) is 5.64. The van der Waals surface area contributed by atoms with Gasteiger partial charge in [-0.15, -0.1) is 0 Å². The van der Waals surface area contributed by atoms with Gasteiger partial charge >= 0.3 is 5.97 Å². The number of halogens is 1. The van der Waals surface area contributed by atoms with E-state index in [-0.39, 0.29) is 28.2 Å². The lowest BCUT2D eigenvalue weighted by molar-refractivity contribution is -0.149. The molecule has 1 aliphatic rings. The number of piperidine rings is 1. The normalized spacial score (nSPS) is 19.5. The van der Waals surface area contributed by atoms with Gasteiger partial charge in [-0.1, -0.05) is 23.7 Å². The van der Waals surface area contributed by atoms with Crippen LogP contribution in [0.2, 0.25) is 5.02 Å². The van der Waals surface area contributed by atoms with Crippen LogP contribution < -0.4 is 5.43 Å². The maximum absolute atomic E-state index is 12.9. The van der Waals surface area contributed by atoms with Crippen molar-refractivity contribution in [2.24, 2.45) is 0 Å². The standard InChI is InChI=1S/C23H22ClNO6/c1-12(26)30-20-11-25(2)8-7-14(20)21-16(27)9-17(28)22-18(29)10-19(31-23(21)22)13-5-3-4-6-15(13)24/h3-6,9-10,14,20,27-28H,7-8,11H2,1-2H3/t14-,20+/m0/s1. The summed E-state index contributed by atoms with van der Waals surface area (Å²) in [7, 11) is 1.91. The van der Waals surface area contributed by atoms with Gasteiger partial charge in [-0.25, -0.2) is 0 Å². The predicted octanol–water partition coefficient (Wildman–Crippen LogP) is 3.88. The van der Waals surface area contributed by atoms with Crippen LogP contribution in [0.5, 0.6) is 11.5 Å². The number of esters is 1. The van der Waals surface area contributed by atoms with Crippen molar-refractivity contribution in [1.82, 2.24) is 4.90 Å². The molecule has 0 spiro atoms. The second kappa shape index (κ2) is 8.24. The number of likely N-dealkylation sites (N-methyl/N-ethyl adjacent to an activating group) is 1. The van der Waals surface area contributed by atoms with Crippen LogP contribution >= 0.6 is 11.6 Å². The number of ether oxygens (including phenoxy) is 1. The summed E-state index contributed by atoms with van der Waals surface area (Å²) >= 11 is 6.29. The Morgan fingerprint density at radius 2 is 1.97 bits per heavy atom. The smallest absolute Gasteiger partial charge is 0.302 e. The number of benzene rings is 2. The summed E-state index contributed by atoms with van der Waals surface area (Å²) < 4.78 is 11.6. The number of carbonyl (C=O) groups is 1. The minimum absolute atomic E-state index is 0.0379. The van der Waals surface area contributed by atoms with Gasteiger partial charge in [-0.05, 0) is 32.1 Å². The lowest BCUT2D eigenvalue weighted by atomic mass is 9.85. The van der Waals surface area contributed by atoms with E-state index in [0.717, 1.165) is 6.07 Å². The van der Waals surface area contributed by atoms with E-state index >= 15 is 0 Å². The number of aromatic hydroxyl groups is 2. The number of carbonyl (C=O) groups excluding carboxylic acids is 1. The maximum atomic E-state index is 12.9. The van der Waals surface area contributed by atoms with Gasteiger partial charge in [0.05, 0.1) is 5.02 Å². The number of hydrogen-bond donors (Lipinski definition) is 2. The summed E-state index contributed by atoms with van der Waals surface area (Å²) in [5.41, 5.74) is 0.438. The SMILES string of the molecule is CC(=O)O[C@@H]1CN(C)CC[C@@H]1c1c(O)cc(O)c2c(=O)cc(-c3ccccc3Cl)oc12. The molecule has 0 bridgehead atoms. The molecular weight excluding hydrogens is 422 g/mol. The Labute approximate surface area is 183 Å². The molecule has 3 aromatic rings. The van der Waals surface area contributed by atoms with Crippen molar-refractivity contribution in [1.29, 1.82) is 0 Å². The molecule has 2 atom stereocenters. The Morgan fingerprint density at radius 1 is 1.23 bits per heavy atom. The summed E-state index contributed by atoms with van der Waals surface area (Å²) in [6.07, 6.45) is 0.00575. The van der Waals surface area contributed by atoms with E-state index in [9.17, 15) is 19.8 Å². The zero-order valence-corrected chi connectivity index (χ0v) is 17.8.